The largest absolute Gasteiger partial charge is 0.463 e. The average Bonchev–Trinajstić information content (AvgIpc) is 2.53. The number of rotatable bonds is 4. The maximum absolute atomic E-state index is 10.8. The van der Waals surface area contributed by atoms with E-state index in [1.807, 2.05) is 0 Å². The highest BCUT2D eigenvalue weighted by Crippen LogP contribution is 2.12. The maximum atomic E-state index is 10.8. The SMILES string of the molecule is O=C(CCCl)OCC1CCCO1. The molecule has 1 heterocycles. The number of alkyl halides is 1. The zero-order valence-corrected chi connectivity index (χ0v) is 7.68. The zero-order chi connectivity index (χ0) is 8.81. The van der Waals surface area contributed by atoms with Gasteiger partial charge in [0.05, 0.1) is 12.5 Å². The van der Waals surface area contributed by atoms with Crippen LogP contribution in [0, 0.1) is 0 Å². The number of ether oxygens (including phenoxy) is 2. The van der Waals surface area contributed by atoms with Crippen LogP contribution in [-0.2, 0) is 14.3 Å². The molecule has 1 aliphatic rings. The first-order valence-electron chi connectivity index (χ1n) is 4.16. The van der Waals surface area contributed by atoms with Crippen LogP contribution in [0.1, 0.15) is 19.3 Å². The van der Waals surface area contributed by atoms with E-state index in [0.717, 1.165) is 19.4 Å². The van der Waals surface area contributed by atoms with Gasteiger partial charge in [0, 0.05) is 12.5 Å². The van der Waals surface area contributed by atoms with Crippen molar-refractivity contribution in [3.63, 3.8) is 0 Å². The van der Waals surface area contributed by atoms with Crippen LogP contribution in [0.15, 0.2) is 0 Å². The van der Waals surface area contributed by atoms with Crippen LogP contribution < -0.4 is 0 Å². The molecule has 0 radical (unpaired) electrons. The van der Waals surface area contributed by atoms with Gasteiger partial charge >= 0.3 is 5.97 Å². The predicted molar refractivity (Wildman–Crippen MR) is 45.3 cm³/mol. The van der Waals surface area contributed by atoms with Crippen LogP contribution in [0.25, 0.3) is 0 Å². The smallest absolute Gasteiger partial charge is 0.307 e. The molecule has 1 saturated heterocycles. The van der Waals surface area contributed by atoms with Crippen molar-refractivity contribution in [1.29, 1.82) is 0 Å². The Morgan fingerprint density at radius 2 is 2.50 bits per heavy atom. The van der Waals surface area contributed by atoms with E-state index in [1.54, 1.807) is 0 Å². The van der Waals surface area contributed by atoms with Gasteiger partial charge in [0.1, 0.15) is 6.61 Å². The summed E-state index contributed by atoms with van der Waals surface area (Å²) in [5.74, 6) is 0.0881. The number of carbonyl (C=O) groups excluding carboxylic acids is 1. The molecule has 70 valence electrons. The first-order chi connectivity index (χ1) is 5.83. The van der Waals surface area contributed by atoms with Gasteiger partial charge in [-0.2, -0.15) is 0 Å². The Kier molecular flexibility index (Phi) is 4.40. The van der Waals surface area contributed by atoms with Crippen LogP contribution in [0.5, 0.6) is 0 Å². The number of hydrogen-bond acceptors (Lipinski definition) is 3. The van der Waals surface area contributed by atoms with E-state index in [2.05, 4.69) is 0 Å². The van der Waals surface area contributed by atoms with Gasteiger partial charge in [0.25, 0.3) is 0 Å². The molecular weight excluding hydrogens is 180 g/mol. The molecule has 1 fully saturated rings. The minimum absolute atomic E-state index is 0.115. The highest BCUT2D eigenvalue weighted by Gasteiger charge is 2.16. The van der Waals surface area contributed by atoms with E-state index >= 15 is 0 Å². The minimum Gasteiger partial charge on any atom is -0.463 e. The van der Waals surface area contributed by atoms with Gasteiger partial charge in [-0.05, 0) is 12.8 Å². The molecule has 3 nitrogen and oxygen atoms in total. The molecule has 1 rings (SSSR count). The van der Waals surface area contributed by atoms with Gasteiger partial charge in [-0.1, -0.05) is 0 Å². The van der Waals surface area contributed by atoms with Crippen LogP contribution in [0.4, 0.5) is 0 Å². The first-order valence-corrected chi connectivity index (χ1v) is 4.69. The van der Waals surface area contributed by atoms with Gasteiger partial charge in [-0.25, -0.2) is 0 Å². The number of hydrogen-bond donors (Lipinski definition) is 0. The summed E-state index contributed by atoms with van der Waals surface area (Å²) in [4.78, 5) is 10.8. The summed E-state index contributed by atoms with van der Waals surface area (Å²) in [6.07, 6.45) is 2.46. The fraction of sp³-hybridized carbons (Fsp3) is 0.875. The summed E-state index contributed by atoms with van der Waals surface area (Å²) in [6.45, 7) is 1.17. The molecule has 0 N–H and O–H groups in total. The van der Waals surface area contributed by atoms with Crippen molar-refractivity contribution in [2.75, 3.05) is 19.1 Å². The number of carbonyl (C=O) groups is 1. The molecule has 0 spiro atoms. The number of halogens is 1. The molecule has 0 aliphatic carbocycles. The van der Waals surface area contributed by atoms with Gasteiger partial charge in [0.15, 0.2) is 0 Å². The Morgan fingerprint density at radius 3 is 3.08 bits per heavy atom. The maximum Gasteiger partial charge on any atom is 0.307 e. The molecule has 1 unspecified atom stereocenters. The van der Waals surface area contributed by atoms with Crippen LogP contribution in [0.2, 0.25) is 0 Å². The Labute approximate surface area is 77.0 Å². The second-order valence-corrected chi connectivity index (χ2v) is 3.13. The lowest BCUT2D eigenvalue weighted by atomic mass is 10.2. The van der Waals surface area contributed by atoms with Crippen molar-refractivity contribution in [3.8, 4) is 0 Å². The van der Waals surface area contributed by atoms with Crippen molar-refractivity contribution < 1.29 is 14.3 Å². The van der Waals surface area contributed by atoms with E-state index in [4.69, 9.17) is 21.1 Å². The molecule has 0 aromatic carbocycles. The third kappa shape index (κ3) is 3.41. The summed E-state index contributed by atoms with van der Waals surface area (Å²) in [6, 6.07) is 0. The standard InChI is InChI=1S/C8H13ClO3/c9-4-3-8(10)12-6-7-2-1-5-11-7/h7H,1-6H2. The van der Waals surface area contributed by atoms with Gasteiger partial charge < -0.3 is 9.47 Å². The molecule has 0 bridgehead atoms. The van der Waals surface area contributed by atoms with Crippen molar-refractivity contribution in [2.45, 2.75) is 25.4 Å². The van der Waals surface area contributed by atoms with E-state index in [0.29, 0.717) is 12.5 Å². The summed E-state index contributed by atoms with van der Waals surface area (Å²) in [5.41, 5.74) is 0. The fourth-order valence-electron chi connectivity index (χ4n) is 1.11. The normalized spacial score (nSPS) is 22.6. The number of esters is 1. The Morgan fingerprint density at radius 1 is 1.67 bits per heavy atom. The highest BCUT2D eigenvalue weighted by molar-refractivity contribution is 6.18. The van der Waals surface area contributed by atoms with Crippen molar-refractivity contribution >= 4 is 17.6 Å². The van der Waals surface area contributed by atoms with E-state index < -0.39 is 0 Å². The van der Waals surface area contributed by atoms with Crippen LogP contribution >= 0.6 is 11.6 Å². The second kappa shape index (κ2) is 5.38. The van der Waals surface area contributed by atoms with Crippen molar-refractivity contribution in [1.82, 2.24) is 0 Å². The lowest BCUT2D eigenvalue weighted by Gasteiger charge is -2.09. The molecule has 1 atom stereocenters. The monoisotopic (exact) mass is 192 g/mol. The predicted octanol–water partition coefficient (Wildman–Crippen LogP) is 1.34. The second-order valence-electron chi connectivity index (χ2n) is 2.76. The van der Waals surface area contributed by atoms with Gasteiger partial charge in [-0.3, -0.25) is 4.79 Å². The summed E-state index contributed by atoms with van der Waals surface area (Å²) in [7, 11) is 0. The molecule has 0 amide bonds. The molecule has 0 aromatic rings. The molecule has 12 heavy (non-hydrogen) atoms. The first kappa shape index (κ1) is 9.81. The summed E-state index contributed by atoms with van der Waals surface area (Å²) in [5, 5.41) is 0. The van der Waals surface area contributed by atoms with Crippen LogP contribution in [-0.4, -0.2) is 31.2 Å². The Hall–Kier alpha value is -0.280. The topological polar surface area (TPSA) is 35.5 Å². The van der Waals surface area contributed by atoms with E-state index in [9.17, 15) is 4.79 Å². The van der Waals surface area contributed by atoms with E-state index in [-0.39, 0.29) is 18.5 Å². The lowest BCUT2D eigenvalue weighted by Crippen LogP contribution is -2.17. The molecule has 1 aliphatic heterocycles. The van der Waals surface area contributed by atoms with Crippen molar-refractivity contribution in [2.24, 2.45) is 0 Å². The zero-order valence-electron chi connectivity index (χ0n) is 6.92. The van der Waals surface area contributed by atoms with Gasteiger partial charge in [0.2, 0.25) is 0 Å². The molecule has 0 aromatic heterocycles. The van der Waals surface area contributed by atoms with Crippen molar-refractivity contribution in [3.05, 3.63) is 0 Å². The van der Waals surface area contributed by atoms with E-state index in [1.165, 1.54) is 0 Å². The Bertz CT molecular complexity index is 143. The lowest BCUT2D eigenvalue weighted by molar-refractivity contribution is -0.146. The molecule has 4 heteroatoms. The third-order valence-electron chi connectivity index (χ3n) is 1.75. The minimum atomic E-state index is -0.236. The molecule has 0 saturated carbocycles. The average molecular weight is 193 g/mol. The molecular formula is C8H13ClO3. The summed E-state index contributed by atoms with van der Waals surface area (Å²) < 4.78 is 10.2. The highest BCUT2D eigenvalue weighted by atomic mass is 35.5. The summed E-state index contributed by atoms with van der Waals surface area (Å²) >= 11 is 5.36. The Balaban J connectivity index is 2.03. The third-order valence-corrected chi connectivity index (χ3v) is 1.94. The van der Waals surface area contributed by atoms with Crippen LogP contribution in [0.3, 0.4) is 0 Å². The van der Waals surface area contributed by atoms with Gasteiger partial charge in [-0.15, -0.1) is 11.6 Å². The fourth-order valence-corrected chi connectivity index (χ4v) is 1.27. The quantitative estimate of drug-likeness (QED) is 0.498.